The second-order valence-electron chi connectivity index (χ2n) is 15.4. The van der Waals surface area contributed by atoms with Gasteiger partial charge in [-0.1, -0.05) is 23.9 Å². The Morgan fingerprint density at radius 2 is 1.32 bits per heavy atom. The maximum Gasteiger partial charge on any atom is 0.303 e. The van der Waals surface area contributed by atoms with Gasteiger partial charge in [0, 0.05) is 92.8 Å². The van der Waals surface area contributed by atoms with Gasteiger partial charge in [-0.25, -0.2) is 4.74 Å². The average molecular weight is 1000 g/mol. The molecule has 1 saturated heterocycles. The standard InChI is InChI=1S/C46H54N2O20S.8H2/c1-12-13-14-15-20-69-25-46(10,11)48(58)22-35-18-16-34(17-19-35)21-47-44(57)42(65-32(8)55)40(63-30(6)53)39(36(61-28(4)51)23-59-26(2)49)68-45-43(66-33(9)56)41(64-31(7)54)38(62-29(5)52)37(67-45)24-60-27(3)50;;;;;;;;/h1,16-19,22,36-43,45H,21,23-25H2,2-11H3,(H,47,57);8*1H/b48-22-;;;;;;;;/t36?,37?,38-,39+,40-,41+,42?,43?,45-;;;;;;;;/m0......../s1. The summed E-state index contributed by atoms with van der Waals surface area (Å²) < 4.78 is 56.3. The van der Waals surface area contributed by atoms with Gasteiger partial charge in [-0.15, -0.1) is 6.42 Å². The molecule has 1 amide bonds. The molecule has 0 spiro atoms. The summed E-state index contributed by atoms with van der Waals surface area (Å²) in [6.45, 7) is 9.29. The van der Waals surface area contributed by atoms with Crippen molar-refractivity contribution in [2.75, 3.05) is 19.0 Å². The van der Waals surface area contributed by atoms with E-state index < -0.39 is 128 Å². The number of esters is 8. The lowest BCUT2D eigenvalue weighted by Crippen LogP contribution is -2.65. The first kappa shape index (κ1) is 58.0. The highest BCUT2D eigenvalue weighted by Gasteiger charge is 2.56. The van der Waals surface area contributed by atoms with Gasteiger partial charge >= 0.3 is 47.8 Å². The molecule has 1 aliphatic heterocycles. The predicted molar refractivity (Wildman–Crippen MR) is 255 cm³/mol. The molecular weight excluding hydrogens is 933 g/mol. The molecule has 9 atom stereocenters. The second-order valence-corrected chi connectivity index (χ2v) is 16.1. The molecule has 1 aliphatic rings. The van der Waals surface area contributed by atoms with Crippen molar-refractivity contribution in [3.8, 4) is 35.4 Å². The van der Waals surface area contributed by atoms with Gasteiger partial charge in [0.15, 0.2) is 48.6 Å². The quantitative estimate of drug-likeness (QED) is 0.0332. The summed E-state index contributed by atoms with van der Waals surface area (Å²) in [5.74, 6) is 0.743. The topological polar surface area (TPSA) is 284 Å². The summed E-state index contributed by atoms with van der Waals surface area (Å²) in [5, 5.41) is 18.4. The number of hydroxylamine groups is 1. The van der Waals surface area contributed by atoms with Crippen molar-refractivity contribution in [2.24, 2.45) is 0 Å². The van der Waals surface area contributed by atoms with E-state index in [0.29, 0.717) is 16.9 Å². The minimum Gasteiger partial charge on any atom is -0.623 e. The molecule has 0 aromatic heterocycles. The van der Waals surface area contributed by atoms with E-state index in [0.717, 1.165) is 60.1 Å². The largest absolute Gasteiger partial charge is 0.623 e. The van der Waals surface area contributed by atoms with Crippen LogP contribution in [-0.4, -0.2) is 144 Å². The predicted octanol–water partition coefficient (Wildman–Crippen LogP) is 3.14. The van der Waals surface area contributed by atoms with Gasteiger partial charge in [-0.3, -0.25) is 43.2 Å². The van der Waals surface area contributed by atoms with Crippen molar-refractivity contribution in [3.05, 3.63) is 40.6 Å². The lowest BCUT2D eigenvalue weighted by molar-refractivity contribution is -0.528. The number of ether oxygens (including phenoxy) is 10. The summed E-state index contributed by atoms with van der Waals surface area (Å²) in [6.07, 6.45) is -11.0. The van der Waals surface area contributed by atoms with Crippen LogP contribution < -0.4 is 5.32 Å². The Kier molecular flexibility index (Phi) is 23.8. The van der Waals surface area contributed by atoms with Crippen LogP contribution in [0, 0.1) is 40.6 Å². The highest BCUT2D eigenvalue weighted by atomic mass is 32.2. The number of terminal acetylenes is 1. The minimum atomic E-state index is -2.19. The fraction of sp³-hybridized carbons (Fsp3) is 0.522. The Balaban J connectivity index is -0.00000122. The van der Waals surface area contributed by atoms with E-state index in [1.54, 1.807) is 38.1 Å². The van der Waals surface area contributed by atoms with Gasteiger partial charge in [0.2, 0.25) is 6.10 Å². The van der Waals surface area contributed by atoms with E-state index in [1.807, 2.05) is 0 Å². The smallest absolute Gasteiger partial charge is 0.303 e. The van der Waals surface area contributed by atoms with Crippen molar-refractivity contribution in [3.63, 3.8) is 0 Å². The molecule has 0 aliphatic carbocycles. The van der Waals surface area contributed by atoms with Gasteiger partial charge in [0.05, 0.1) is 5.75 Å². The monoisotopic (exact) mass is 1000 g/mol. The van der Waals surface area contributed by atoms with E-state index in [2.05, 4.69) is 34.3 Å². The summed E-state index contributed by atoms with van der Waals surface area (Å²) in [4.78, 5) is 114. The number of hydrogen-bond acceptors (Lipinski definition) is 21. The Morgan fingerprint density at radius 1 is 0.754 bits per heavy atom. The first-order valence-corrected chi connectivity index (χ1v) is 21.7. The summed E-state index contributed by atoms with van der Waals surface area (Å²) in [5.41, 5.74) is 0.0548. The van der Waals surface area contributed by atoms with Crippen LogP contribution in [0.1, 0.15) is 91.8 Å². The summed E-state index contributed by atoms with van der Waals surface area (Å²) in [6, 6.07) is 6.33. The second kappa shape index (κ2) is 28.3. The van der Waals surface area contributed by atoms with E-state index in [9.17, 15) is 48.4 Å². The Hall–Kier alpha value is -7.13. The first-order chi connectivity index (χ1) is 32.3. The summed E-state index contributed by atoms with van der Waals surface area (Å²) in [7, 11) is 0. The van der Waals surface area contributed by atoms with Crippen molar-refractivity contribution < 1.29 is 107 Å². The molecule has 69 heavy (non-hydrogen) atoms. The molecule has 0 radical (unpaired) electrons. The van der Waals surface area contributed by atoms with Crippen LogP contribution in [-0.2, 0) is 97.1 Å². The lowest BCUT2D eigenvalue weighted by atomic mass is 9.97. The molecule has 1 aromatic carbocycles. The first-order valence-electron chi connectivity index (χ1n) is 20.7. The average Bonchev–Trinajstić information content (AvgIpc) is 3.24. The Labute approximate surface area is 414 Å². The zero-order valence-corrected chi connectivity index (χ0v) is 40.3. The molecule has 22 nitrogen and oxygen atoms in total. The summed E-state index contributed by atoms with van der Waals surface area (Å²) >= 11 is 1.19. The number of carbonyl (C=O) groups is 9. The van der Waals surface area contributed by atoms with Crippen molar-refractivity contribution >= 4 is 71.6 Å². The molecule has 2 rings (SSSR count). The van der Waals surface area contributed by atoms with Gasteiger partial charge in [0.25, 0.3) is 5.91 Å². The highest BCUT2D eigenvalue weighted by Crippen LogP contribution is 2.33. The van der Waals surface area contributed by atoms with Crippen molar-refractivity contribution in [1.29, 1.82) is 0 Å². The fourth-order valence-electron chi connectivity index (χ4n) is 6.11. The molecule has 1 N–H and O–H groups in total. The molecule has 4 unspecified atom stereocenters. The third kappa shape index (κ3) is 20.7. The molecular formula is C46H70N2O20S. The van der Waals surface area contributed by atoms with Gasteiger partial charge < -0.3 is 57.9 Å². The highest BCUT2D eigenvalue weighted by molar-refractivity contribution is 8.03. The van der Waals surface area contributed by atoms with E-state index in [1.165, 1.54) is 18.0 Å². The SMILES string of the molecule is C#CC#CC#CSCC(C)(C)/[N+]([O-])=C/c1ccc(CNC(=O)C(OC(C)=O)[C@@H](OC(C)=O)[C@H](O[C@@H]2OC(COC(C)=O)[C@H](OC(C)=O)[C@@H](OC(C)=O)C2OC(C)=O)C(COC(C)=O)OC(C)=O)cc1.[HH].[HH].[HH].[HH].[HH].[HH].[HH].[HH]. The number of benzene rings is 1. The number of rotatable bonds is 22. The van der Waals surface area contributed by atoms with Gasteiger partial charge in [-0.2, -0.15) is 0 Å². The maximum atomic E-state index is 14.2. The number of thioether (sulfide) groups is 1. The fourth-order valence-corrected chi connectivity index (χ4v) is 6.78. The van der Waals surface area contributed by atoms with Crippen LogP contribution in [0.3, 0.4) is 0 Å². The number of nitrogens with zero attached hydrogens (tertiary/aromatic N) is 1. The molecule has 1 heterocycles. The zero-order valence-electron chi connectivity index (χ0n) is 39.5. The third-order valence-electron chi connectivity index (χ3n) is 8.90. The van der Waals surface area contributed by atoms with Crippen LogP contribution in [0.5, 0.6) is 0 Å². The third-order valence-corrected chi connectivity index (χ3v) is 10.0. The van der Waals surface area contributed by atoms with Gasteiger partial charge in [0.1, 0.15) is 25.4 Å². The lowest BCUT2D eigenvalue weighted by Gasteiger charge is -2.46. The van der Waals surface area contributed by atoms with Crippen LogP contribution in [0.2, 0.25) is 0 Å². The molecule has 0 saturated carbocycles. The van der Waals surface area contributed by atoms with Crippen molar-refractivity contribution in [2.45, 2.75) is 136 Å². The van der Waals surface area contributed by atoms with E-state index >= 15 is 0 Å². The van der Waals surface area contributed by atoms with Crippen LogP contribution >= 0.6 is 11.8 Å². The Morgan fingerprint density at radius 3 is 1.86 bits per heavy atom. The number of nitrogens with one attached hydrogen (secondary N) is 1. The Bertz CT molecular complexity index is 2280. The minimum absolute atomic E-state index is 0. The molecule has 0 bridgehead atoms. The molecule has 1 aromatic rings. The van der Waals surface area contributed by atoms with Crippen molar-refractivity contribution in [1.82, 2.24) is 5.32 Å². The van der Waals surface area contributed by atoms with Crippen LogP contribution in [0.15, 0.2) is 24.3 Å². The normalized spacial score (nSPS) is 19.2. The van der Waals surface area contributed by atoms with Gasteiger partial charge in [-0.05, 0) is 46.6 Å². The molecule has 1 fully saturated rings. The number of hydrogen-bond donors (Lipinski definition) is 1. The van der Waals surface area contributed by atoms with E-state index in [-0.39, 0.29) is 18.0 Å². The molecule has 390 valence electrons. The maximum absolute atomic E-state index is 14.2. The van der Waals surface area contributed by atoms with Crippen LogP contribution in [0.4, 0.5) is 0 Å². The number of amides is 1. The molecule has 23 heteroatoms. The van der Waals surface area contributed by atoms with Crippen LogP contribution in [0.25, 0.3) is 0 Å². The van der Waals surface area contributed by atoms with E-state index in [4.69, 9.17) is 53.8 Å². The zero-order chi connectivity index (χ0) is 52.0. The number of carbonyl (C=O) groups excluding carboxylic acids is 9.